The van der Waals surface area contributed by atoms with Crippen molar-refractivity contribution in [3.63, 3.8) is 0 Å². The summed E-state index contributed by atoms with van der Waals surface area (Å²) in [6, 6.07) is -0.693. The van der Waals surface area contributed by atoms with Gasteiger partial charge < -0.3 is 4.74 Å². The zero-order valence-corrected chi connectivity index (χ0v) is 8.72. The van der Waals surface area contributed by atoms with E-state index in [2.05, 4.69) is 10.7 Å². The molecule has 0 bridgehead atoms. The molecule has 0 saturated carbocycles. The number of amides is 1. The number of carbonyl (C=O) groups excluding carboxylic acids is 1. The van der Waals surface area contributed by atoms with Crippen LogP contribution in [0.2, 0.25) is 0 Å². The number of hydrogen-bond acceptors (Lipinski definition) is 4. The highest BCUT2D eigenvalue weighted by molar-refractivity contribution is 7.88. The van der Waals surface area contributed by atoms with Crippen LogP contribution < -0.4 is 9.44 Å². The Morgan fingerprint density at radius 1 is 1.64 bits per heavy atom. The molecule has 0 fully saturated rings. The third-order valence-corrected chi connectivity index (χ3v) is 2.17. The van der Waals surface area contributed by atoms with Crippen molar-refractivity contribution in [2.75, 3.05) is 6.61 Å². The highest BCUT2D eigenvalue weighted by Crippen LogP contribution is 1.85. The summed E-state index contributed by atoms with van der Waals surface area (Å²) in [5, 5.41) is 0. The number of rotatable bonds is 4. The van der Waals surface area contributed by atoms with Crippen LogP contribution in [0.1, 0.15) is 13.8 Å². The molecule has 14 heavy (non-hydrogen) atoms. The van der Waals surface area contributed by atoms with Crippen molar-refractivity contribution in [2.45, 2.75) is 19.9 Å². The summed E-state index contributed by atoms with van der Waals surface area (Å²) in [5.41, 5.74) is 0. The second-order valence-electron chi connectivity index (χ2n) is 2.33. The van der Waals surface area contributed by atoms with Crippen LogP contribution in [0.5, 0.6) is 0 Å². The van der Waals surface area contributed by atoms with E-state index in [1.807, 2.05) is 4.72 Å². The van der Waals surface area contributed by atoms with Crippen LogP contribution in [0.15, 0.2) is 0 Å². The Kier molecular flexibility index (Phi) is 4.97. The molecule has 0 rings (SSSR count). The molecule has 0 radical (unpaired) electrons. The van der Waals surface area contributed by atoms with Gasteiger partial charge in [0.15, 0.2) is 0 Å². The van der Waals surface area contributed by atoms with Crippen LogP contribution >= 0.6 is 0 Å². The van der Waals surface area contributed by atoms with Crippen molar-refractivity contribution >= 4 is 16.3 Å². The van der Waals surface area contributed by atoms with E-state index in [9.17, 15) is 13.2 Å². The SMILES string of the molecule is C#CC(C)NS(=O)(=O)NC(=O)OCC. The van der Waals surface area contributed by atoms with E-state index >= 15 is 0 Å². The zero-order valence-electron chi connectivity index (χ0n) is 7.90. The molecule has 2 N–H and O–H groups in total. The minimum absolute atomic E-state index is 0.0893. The van der Waals surface area contributed by atoms with Gasteiger partial charge >= 0.3 is 16.3 Å². The predicted octanol–water partition coefficient (Wildman–Crippen LogP) is -0.411. The standard InChI is InChI=1S/C7H12N2O4S/c1-4-6(3)8-14(11,12)9-7(10)13-5-2/h1,6,8H,5H2,2-3H3,(H,9,10). The molecule has 6 nitrogen and oxygen atoms in total. The average molecular weight is 220 g/mol. The molecule has 0 saturated heterocycles. The highest BCUT2D eigenvalue weighted by Gasteiger charge is 2.16. The molecule has 1 unspecified atom stereocenters. The largest absolute Gasteiger partial charge is 0.449 e. The maximum atomic E-state index is 11.1. The summed E-state index contributed by atoms with van der Waals surface area (Å²) in [4.78, 5) is 10.7. The van der Waals surface area contributed by atoms with Crippen LogP contribution in [0.4, 0.5) is 4.79 Å². The molecule has 0 heterocycles. The first kappa shape index (κ1) is 12.7. The summed E-state index contributed by atoms with van der Waals surface area (Å²) in [5.74, 6) is 2.14. The van der Waals surface area contributed by atoms with E-state index in [1.54, 1.807) is 11.6 Å². The van der Waals surface area contributed by atoms with Gasteiger partial charge in [-0.1, -0.05) is 5.92 Å². The summed E-state index contributed by atoms with van der Waals surface area (Å²) in [6.45, 7) is 3.11. The maximum Gasteiger partial charge on any atom is 0.421 e. The number of hydrogen-bond donors (Lipinski definition) is 2. The first-order valence-electron chi connectivity index (χ1n) is 3.84. The molecule has 80 valence electrons. The van der Waals surface area contributed by atoms with Crippen molar-refractivity contribution in [3.05, 3.63) is 0 Å². The molecule has 0 aromatic rings. The van der Waals surface area contributed by atoms with Gasteiger partial charge in [0, 0.05) is 0 Å². The van der Waals surface area contributed by atoms with Crippen molar-refractivity contribution in [1.82, 2.24) is 9.44 Å². The quantitative estimate of drug-likeness (QED) is 0.631. The molecular weight excluding hydrogens is 208 g/mol. The zero-order chi connectivity index (χ0) is 11.2. The van der Waals surface area contributed by atoms with Crippen molar-refractivity contribution in [1.29, 1.82) is 0 Å². The Morgan fingerprint density at radius 2 is 2.21 bits per heavy atom. The molecule has 0 spiro atoms. The molecule has 7 heteroatoms. The maximum absolute atomic E-state index is 11.1. The van der Waals surface area contributed by atoms with E-state index in [0.29, 0.717) is 0 Å². The third kappa shape index (κ3) is 5.40. The molecule has 0 aliphatic rings. The van der Waals surface area contributed by atoms with Crippen LogP contribution in [0.25, 0.3) is 0 Å². The molecule has 0 aliphatic carbocycles. The number of ether oxygens (including phenoxy) is 1. The van der Waals surface area contributed by atoms with Crippen LogP contribution in [0, 0.1) is 12.3 Å². The summed E-state index contributed by atoms with van der Waals surface area (Å²) < 4.78 is 30.2. The Labute approximate surface area is 83.2 Å². The van der Waals surface area contributed by atoms with E-state index < -0.39 is 22.3 Å². The summed E-state index contributed by atoms with van der Waals surface area (Å²) in [7, 11) is -3.93. The fourth-order valence-corrected chi connectivity index (χ4v) is 1.44. The first-order chi connectivity index (χ1) is 6.41. The lowest BCUT2D eigenvalue weighted by atomic mass is 10.4. The monoisotopic (exact) mass is 220 g/mol. The third-order valence-electron chi connectivity index (χ3n) is 1.08. The molecule has 0 aliphatic heterocycles. The second-order valence-corrected chi connectivity index (χ2v) is 3.78. The van der Waals surface area contributed by atoms with Gasteiger partial charge in [-0.2, -0.15) is 13.1 Å². The lowest BCUT2D eigenvalue weighted by molar-refractivity contribution is 0.158. The van der Waals surface area contributed by atoms with Gasteiger partial charge in [0.25, 0.3) is 0 Å². The van der Waals surface area contributed by atoms with Gasteiger partial charge in [0.05, 0.1) is 12.6 Å². The van der Waals surface area contributed by atoms with Crippen LogP contribution in [0.3, 0.4) is 0 Å². The molecule has 1 atom stereocenters. The van der Waals surface area contributed by atoms with Crippen molar-refractivity contribution in [2.24, 2.45) is 0 Å². The molecule has 1 amide bonds. The molecule has 0 aromatic heterocycles. The number of terminal acetylenes is 1. The topological polar surface area (TPSA) is 84.5 Å². The van der Waals surface area contributed by atoms with Gasteiger partial charge in [-0.05, 0) is 13.8 Å². The minimum Gasteiger partial charge on any atom is -0.449 e. The van der Waals surface area contributed by atoms with Gasteiger partial charge in [-0.3, -0.25) is 0 Å². The summed E-state index contributed by atoms with van der Waals surface area (Å²) >= 11 is 0. The van der Waals surface area contributed by atoms with Crippen molar-refractivity contribution in [3.8, 4) is 12.3 Å². The van der Waals surface area contributed by atoms with Gasteiger partial charge in [0.1, 0.15) is 0 Å². The fourth-order valence-electron chi connectivity index (χ4n) is 0.566. The second kappa shape index (κ2) is 5.47. The lowest BCUT2D eigenvalue weighted by Gasteiger charge is -2.09. The Bertz CT molecular complexity index is 330. The summed E-state index contributed by atoms with van der Waals surface area (Å²) in [6.07, 6.45) is 3.91. The number of nitrogens with one attached hydrogen (secondary N) is 2. The van der Waals surface area contributed by atoms with Gasteiger partial charge in [-0.25, -0.2) is 9.52 Å². The fraction of sp³-hybridized carbons (Fsp3) is 0.571. The van der Waals surface area contributed by atoms with Crippen LogP contribution in [-0.2, 0) is 14.9 Å². The lowest BCUT2D eigenvalue weighted by Crippen LogP contribution is -2.43. The van der Waals surface area contributed by atoms with E-state index in [1.165, 1.54) is 6.92 Å². The van der Waals surface area contributed by atoms with Gasteiger partial charge in [-0.15, -0.1) is 6.42 Å². The Hall–Kier alpha value is -1.26. The highest BCUT2D eigenvalue weighted by atomic mass is 32.2. The Morgan fingerprint density at radius 3 is 2.64 bits per heavy atom. The van der Waals surface area contributed by atoms with E-state index in [4.69, 9.17) is 6.42 Å². The van der Waals surface area contributed by atoms with Crippen molar-refractivity contribution < 1.29 is 17.9 Å². The predicted molar refractivity (Wildman–Crippen MR) is 50.5 cm³/mol. The first-order valence-corrected chi connectivity index (χ1v) is 5.32. The molecular formula is C7H12N2O4S. The molecule has 0 aromatic carbocycles. The van der Waals surface area contributed by atoms with E-state index in [0.717, 1.165) is 0 Å². The van der Waals surface area contributed by atoms with E-state index in [-0.39, 0.29) is 6.61 Å². The number of carbonyl (C=O) groups is 1. The normalized spacial score (nSPS) is 12.6. The van der Waals surface area contributed by atoms with Crippen LogP contribution in [-0.4, -0.2) is 27.2 Å². The minimum atomic E-state index is -3.93. The van der Waals surface area contributed by atoms with Gasteiger partial charge in [0.2, 0.25) is 0 Å². The Balaban J connectivity index is 4.23. The smallest absolute Gasteiger partial charge is 0.421 e. The average Bonchev–Trinajstić information content (AvgIpc) is 2.02.